The lowest BCUT2D eigenvalue weighted by Crippen LogP contribution is -2.24. The Kier molecular flexibility index (Phi) is 5.30. The SMILES string of the molecule is C=C/C(=C\C(=C)c1ccccc1)C(N)Cc1ccccc1. The van der Waals surface area contributed by atoms with Crippen LogP contribution < -0.4 is 5.73 Å². The van der Waals surface area contributed by atoms with E-state index in [0.717, 1.165) is 23.1 Å². The molecule has 21 heavy (non-hydrogen) atoms. The summed E-state index contributed by atoms with van der Waals surface area (Å²) in [5.41, 5.74) is 10.6. The lowest BCUT2D eigenvalue weighted by molar-refractivity contribution is 0.781. The van der Waals surface area contributed by atoms with Crippen LogP contribution >= 0.6 is 0 Å². The summed E-state index contributed by atoms with van der Waals surface area (Å²) in [6.07, 6.45) is 4.64. The molecule has 1 heteroatoms. The largest absolute Gasteiger partial charge is 0.324 e. The lowest BCUT2D eigenvalue weighted by atomic mass is 9.96. The highest BCUT2D eigenvalue weighted by Crippen LogP contribution is 2.18. The average molecular weight is 275 g/mol. The van der Waals surface area contributed by atoms with Crippen LogP contribution in [0.15, 0.2) is 91.5 Å². The third kappa shape index (κ3) is 4.30. The fourth-order valence-corrected chi connectivity index (χ4v) is 2.24. The number of rotatable bonds is 6. The summed E-state index contributed by atoms with van der Waals surface area (Å²) in [6, 6.07) is 20.3. The zero-order valence-corrected chi connectivity index (χ0v) is 12.2. The molecule has 0 aliphatic carbocycles. The molecule has 0 bridgehead atoms. The Morgan fingerprint density at radius 2 is 1.57 bits per heavy atom. The first kappa shape index (κ1) is 15.0. The predicted molar refractivity (Wildman–Crippen MR) is 91.9 cm³/mol. The van der Waals surface area contributed by atoms with Gasteiger partial charge < -0.3 is 5.73 Å². The van der Waals surface area contributed by atoms with Gasteiger partial charge in [-0.2, -0.15) is 0 Å². The number of benzene rings is 2. The molecule has 1 atom stereocenters. The first-order valence-electron chi connectivity index (χ1n) is 7.08. The second-order valence-electron chi connectivity index (χ2n) is 5.04. The topological polar surface area (TPSA) is 26.0 Å². The van der Waals surface area contributed by atoms with Crippen LogP contribution in [-0.4, -0.2) is 6.04 Å². The van der Waals surface area contributed by atoms with Crippen LogP contribution in [0.4, 0.5) is 0 Å². The number of nitrogens with two attached hydrogens (primary N) is 1. The van der Waals surface area contributed by atoms with Crippen LogP contribution in [0.2, 0.25) is 0 Å². The molecule has 1 nitrogen and oxygen atoms in total. The molecule has 2 rings (SSSR count). The summed E-state index contributed by atoms with van der Waals surface area (Å²) < 4.78 is 0. The van der Waals surface area contributed by atoms with E-state index in [0.29, 0.717) is 0 Å². The Labute approximate surface area is 127 Å². The van der Waals surface area contributed by atoms with Gasteiger partial charge in [0.1, 0.15) is 0 Å². The van der Waals surface area contributed by atoms with E-state index in [2.05, 4.69) is 25.3 Å². The van der Waals surface area contributed by atoms with E-state index in [1.165, 1.54) is 5.56 Å². The van der Waals surface area contributed by atoms with Crippen LogP contribution in [0, 0.1) is 0 Å². The number of allylic oxidation sites excluding steroid dienone is 2. The maximum absolute atomic E-state index is 6.31. The minimum Gasteiger partial charge on any atom is -0.324 e. The zero-order chi connectivity index (χ0) is 15.1. The Balaban J connectivity index is 2.13. The van der Waals surface area contributed by atoms with Crippen molar-refractivity contribution in [1.29, 1.82) is 0 Å². The molecule has 2 N–H and O–H groups in total. The molecule has 2 aromatic rings. The van der Waals surface area contributed by atoms with Gasteiger partial charge in [-0.25, -0.2) is 0 Å². The summed E-state index contributed by atoms with van der Waals surface area (Å²) in [5.74, 6) is 0. The van der Waals surface area contributed by atoms with Crippen molar-refractivity contribution in [3.8, 4) is 0 Å². The second-order valence-corrected chi connectivity index (χ2v) is 5.04. The lowest BCUT2D eigenvalue weighted by Gasteiger charge is -2.14. The summed E-state index contributed by atoms with van der Waals surface area (Å²) in [4.78, 5) is 0. The number of hydrogen-bond acceptors (Lipinski definition) is 1. The van der Waals surface area contributed by atoms with Gasteiger partial charge in [0.15, 0.2) is 0 Å². The fraction of sp³-hybridized carbons (Fsp3) is 0.100. The summed E-state index contributed by atoms with van der Waals surface area (Å²) in [5, 5.41) is 0. The summed E-state index contributed by atoms with van der Waals surface area (Å²) >= 11 is 0. The molecule has 0 saturated carbocycles. The van der Waals surface area contributed by atoms with Crippen LogP contribution in [-0.2, 0) is 6.42 Å². The first-order valence-corrected chi connectivity index (χ1v) is 7.08. The van der Waals surface area contributed by atoms with E-state index >= 15 is 0 Å². The normalized spacial score (nSPS) is 12.7. The van der Waals surface area contributed by atoms with E-state index in [1.54, 1.807) is 0 Å². The zero-order valence-electron chi connectivity index (χ0n) is 12.2. The van der Waals surface area contributed by atoms with Gasteiger partial charge >= 0.3 is 0 Å². The van der Waals surface area contributed by atoms with Crippen molar-refractivity contribution in [1.82, 2.24) is 0 Å². The van der Waals surface area contributed by atoms with Crippen LogP contribution in [0.25, 0.3) is 5.57 Å². The molecule has 0 radical (unpaired) electrons. The van der Waals surface area contributed by atoms with Crippen LogP contribution in [0.1, 0.15) is 11.1 Å². The molecular formula is C20H21N. The molecule has 0 aromatic heterocycles. The molecule has 106 valence electrons. The minimum atomic E-state index is -0.0784. The van der Waals surface area contributed by atoms with Crippen molar-refractivity contribution in [2.24, 2.45) is 5.73 Å². The van der Waals surface area contributed by atoms with Gasteiger partial charge in [0, 0.05) is 6.04 Å². The van der Waals surface area contributed by atoms with E-state index < -0.39 is 0 Å². The Morgan fingerprint density at radius 1 is 1.00 bits per heavy atom. The third-order valence-corrected chi connectivity index (χ3v) is 3.45. The van der Waals surface area contributed by atoms with Gasteiger partial charge in [0.05, 0.1) is 0 Å². The first-order chi connectivity index (χ1) is 10.2. The van der Waals surface area contributed by atoms with Crippen molar-refractivity contribution in [2.45, 2.75) is 12.5 Å². The van der Waals surface area contributed by atoms with Gasteiger partial charge in [-0.15, -0.1) is 0 Å². The Bertz CT molecular complexity index is 623. The van der Waals surface area contributed by atoms with E-state index in [9.17, 15) is 0 Å². The van der Waals surface area contributed by atoms with Crippen molar-refractivity contribution < 1.29 is 0 Å². The molecule has 0 amide bonds. The van der Waals surface area contributed by atoms with Crippen molar-refractivity contribution in [2.75, 3.05) is 0 Å². The summed E-state index contributed by atoms with van der Waals surface area (Å²) in [6.45, 7) is 8.00. The second kappa shape index (κ2) is 7.41. The highest BCUT2D eigenvalue weighted by molar-refractivity contribution is 5.73. The Morgan fingerprint density at radius 3 is 2.14 bits per heavy atom. The standard InChI is InChI=1S/C20H21N/c1-3-18(14-16(2)19-12-8-5-9-13-19)20(21)15-17-10-6-4-7-11-17/h3-14,20H,1-2,15,21H2/b18-14+. The highest BCUT2D eigenvalue weighted by atomic mass is 14.6. The third-order valence-electron chi connectivity index (χ3n) is 3.45. The maximum Gasteiger partial charge on any atom is 0.0335 e. The molecular weight excluding hydrogens is 254 g/mol. The smallest absolute Gasteiger partial charge is 0.0335 e. The molecule has 1 unspecified atom stereocenters. The Hall–Kier alpha value is -2.38. The number of hydrogen-bond donors (Lipinski definition) is 1. The monoisotopic (exact) mass is 275 g/mol. The van der Waals surface area contributed by atoms with Crippen molar-refractivity contribution in [3.63, 3.8) is 0 Å². The molecule has 0 fully saturated rings. The van der Waals surface area contributed by atoms with Crippen LogP contribution in [0.5, 0.6) is 0 Å². The maximum atomic E-state index is 6.31. The van der Waals surface area contributed by atoms with Crippen molar-refractivity contribution >= 4 is 5.57 Å². The van der Waals surface area contributed by atoms with E-state index in [1.807, 2.05) is 60.7 Å². The fourth-order valence-electron chi connectivity index (χ4n) is 2.24. The quantitative estimate of drug-likeness (QED) is 0.778. The van der Waals surface area contributed by atoms with E-state index in [4.69, 9.17) is 5.73 Å². The molecule has 0 saturated heterocycles. The summed E-state index contributed by atoms with van der Waals surface area (Å²) in [7, 11) is 0. The van der Waals surface area contributed by atoms with Crippen molar-refractivity contribution in [3.05, 3.63) is 103 Å². The minimum absolute atomic E-state index is 0.0784. The van der Waals surface area contributed by atoms with Crippen LogP contribution in [0.3, 0.4) is 0 Å². The van der Waals surface area contributed by atoms with Gasteiger partial charge in [-0.05, 0) is 28.7 Å². The molecule has 0 spiro atoms. The molecule has 0 aliphatic rings. The van der Waals surface area contributed by atoms with Gasteiger partial charge in [-0.1, -0.05) is 86.0 Å². The van der Waals surface area contributed by atoms with Gasteiger partial charge in [-0.3, -0.25) is 0 Å². The molecule has 2 aromatic carbocycles. The molecule has 0 aliphatic heterocycles. The molecule has 0 heterocycles. The average Bonchev–Trinajstić information content (AvgIpc) is 2.54. The predicted octanol–water partition coefficient (Wildman–Crippen LogP) is 4.38. The van der Waals surface area contributed by atoms with Gasteiger partial charge in [0.25, 0.3) is 0 Å². The van der Waals surface area contributed by atoms with Gasteiger partial charge in [0.2, 0.25) is 0 Å². The van der Waals surface area contributed by atoms with E-state index in [-0.39, 0.29) is 6.04 Å². The highest BCUT2D eigenvalue weighted by Gasteiger charge is 2.08.